The van der Waals surface area contributed by atoms with Crippen LogP contribution in [-0.2, 0) is 77.4 Å². The third-order valence-corrected chi connectivity index (χ3v) is 20.4. The highest BCUT2D eigenvalue weighted by Crippen LogP contribution is 2.43. The van der Waals surface area contributed by atoms with Gasteiger partial charge in [-0.3, -0.25) is 10.1 Å². The van der Waals surface area contributed by atoms with E-state index in [1.165, 1.54) is 89.5 Å². The fourth-order valence-electron chi connectivity index (χ4n) is 15.4. The summed E-state index contributed by atoms with van der Waals surface area (Å²) in [5, 5.41) is 26.6. The van der Waals surface area contributed by atoms with Gasteiger partial charge in [-0.15, -0.1) is 0 Å². The van der Waals surface area contributed by atoms with E-state index in [9.17, 15) is 0 Å². The summed E-state index contributed by atoms with van der Waals surface area (Å²) in [5.41, 5.74) is 28.6. The van der Waals surface area contributed by atoms with E-state index in [2.05, 4.69) is 223 Å². The van der Waals surface area contributed by atoms with E-state index in [4.69, 9.17) is 20.3 Å². The standard InChI is InChI=1S/C28H28N6.2C27H27N7.6C2H6/c1-3-19-8-5-9-20(4-2)26(19)34-27(22-10-6-11-24-21(22)12-16-29-24)23-18-33(17-13-25(23)32-34)28-30-14-7-15-31-28;1-3-18-8-5-9-19(4-2)25(18)34-26(20-10-6-11-23-21(20)16-30-31-23)22-17-33(15-12-24(22)32-34)27-28-13-7-14-29-27;1-3-18-7-5-8-19(4-2)25(18)34-26(24-20-9-14-28-22(20)10-15-29-24)21-17-33(16-11-23(21)32-34)27-30-12-6-13-31-27;6*1-2/h5-12,14-16,29H,3-4,13,17-18H2,1-2H3;5-11,13-14,16H,3-4,12,15,17H2,1-2H3,(H,30,31);5-10,12-15,28H,3-4,11,16-17H2,1-2H3;6*1-2H3. The summed E-state index contributed by atoms with van der Waals surface area (Å²) in [6.07, 6.45) is 26.9. The minimum absolute atomic E-state index is 0.701. The van der Waals surface area contributed by atoms with Crippen molar-refractivity contribution in [2.75, 3.05) is 34.3 Å². The molecule has 0 spiro atoms. The normalized spacial score (nSPS) is 12.3. The Morgan fingerprint density at radius 3 is 1.02 bits per heavy atom. The molecule has 0 amide bonds. The number of nitrogens with zero attached hydrogens (tertiary/aromatic N) is 17. The zero-order chi connectivity index (χ0) is 81.2. The maximum absolute atomic E-state index is 5.27. The van der Waals surface area contributed by atoms with Crippen LogP contribution in [0.2, 0.25) is 0 Å². The number of hydrogen-bond donors (Lipinski definition) is 3. The molecule has 3 aliphatic rings. The van der Waals surface area contributed by atoms with E-state index < -0.39 is 0 Å². The van der Waals surface area contributed by atoms with Gasteiger partial charge >= 0.3 is 0 Å². The first-order valence-corrected chi connectivity index (χ1v) is 42.0. The fraction of sp³-hybridized carbons (Fsp3) is 0.351. The van der Waals surface area contributed by atoms with Crippen molar-refractivity contribution in [2.24, 2.45) is 0 Å². The molecule has 15 aromatic rings. The molecule has 114 heavy (non-hydrogen) atoms. The monoisotopic (exact) mass is 1530 g/mol. The molecular weight excluding hydrogens is 1410 g/mol. The number of H-pyrrole nitrogens is 3. The molecule has 20 nitrogen and oxygen atoms in total. The first kappa shape index (κ1) is 84.5. The molecule has 18 rings (SSSR count). The molecule has 10 aromatic heterocycles. The number of fused-ring (bicyclic) bond motifs is 6. The number of rotatable bonds is 15. The topological polar surface area (TPSA) is 214 Å². The van der Waals surface area contributed by atoms with Crippen LogP contribution in [0.5, 0.6) is 0 Å². The Bertz CT molecular complexity index is 4870. The van der Waals surface area contributed by atoms with Crippen molar-refractivity contribution < 1.29 is 0 Å². The second-order valence-corrected chi connectivity index (χ2v) is 26.1. The highest BCUT2D eigenvalue weighted by Gasteiger charge is 2.34. The minimum Gasteiger partial charge on any atom is -0.361 e. The van der Waals surface area contributed by atoms with Crippen molar-refractivity contribution in [1.29, 1.82) is 0 Å². The Morgan fingerprint density at radius 2 is 0.640 bits per heavy atom. The van der Waals surface area contributed by atoms with Crippen molar-refractivity contribution >= 4 is 50.6 Å². The van der Waals surface area contributed by atoms with Gasteiger partial charge < -0.3 is 24.7 Å². The van der Waals surface area contributed by atoms with E-state index >= 15 is 0 Å². The van der Waals surface area contributed by atoms with Gasteiger partial charge in [-0.1, -0.05) is 203 Å². The van der Waals surface area contributed by atoms with Crippen LogP contribution < -0.4 is 14.7 Å². The zero-order valence-corrected chi connectivity index (χ0v) is 70.6. The Balaban J connectivity index is 0.000000170. The molecule has 5 aromatic carbocycles. The lowest BCUT2D eigenvalue weighted by molar-refractivity contribution is 0.694. The Hall–Kier alpha value is -11.9. The molecular formula is C94H118N20. The van der Waals surface area contributed by atoms with Crippen molar-refractivity contribution in [3.63, 3.8) is 0 Å². The van der Waals surface area contributed by atoms with Crippen LogP contribution >= 0.6 is 0 Å². The van der Waals surface area contributed by atoms with Crippen LogP contribution in [-0.4, -0.2) is 104 Å². The maximum Gasteiger partial charge on any atom is 0.225 e. The van der Waals surface area contributed by atoms with E-state index in [0.717, 1.165) is 170 Å². The van der Waals surface area contributed by atoms with E-state index in [1.54, 1.807) is 24.8 Å². The molecule has 3 aliphatic heterocycles. The number of aryl methyl sites for hydroxylation is 6. The van der Waals surface area contributed by atoms with Gasteiger partial charge in [0.2, 0.25) is 17.8 Å². The van der Waals surface area contributed by atoms with Gasteiger partial charge in [-0.2, -0.15) is 20.4 Å². The van der Waals surface area contributed by atoms with Crippen LogP contribution in [0.3, 0.4) is 0 Å². The molecule has 13 heterocycles. The number of aromatic nitrogens is 17. The van der Waals surface area contributed by atoms with Gasteiger partial charge in [-0.05, 0) is 120 Å². The SMILES string of the molecule is CC.CC.CC.CC.CC.CC.CCc1cccc(CC)c1-n1nc2c(c1-c1cccc3[nH]ccc13)CN(c1ncccn1)CC2.CCc1cccc(CC)c1-n1nc2c(c1-c1cccc3[nH]ncc13)CN(c1ncccn1)CC2.CCc1cccc(CC)c1-n1nc2c(c1-c1nccc3[nH]ccc13)CN(c1ncccn1)CC2. The first-order valence-electron chi connectivity index (χ1n) is 42.0. The highest BCUT2D eigenvalue weighted by atomic mass is 15.3. The predicted octanol–water partition coefficient (Wildman–Crippen LogP) is 21.4. The summed E-state index contributed by atoms with van der Waals surface area (Å²) in [7, 11) is 0. The number of aromatic amines is 3. The zero-order valence-electron chi connectivity index (χ0n) is 70.6. The summed E-state index contributed by atoms with van der Waals surface area (Å²) in [6, 6.07) is 44.5. The van der Waals surface area contributed by atoms with Crippen molar-refractivity contribution in [3.05, 3.63) is 257 Å². The summed E-state index contributed by atoms with van der Waals surface area (Å²) in [5.74, 6) is 2.29. The average Bonchev–Trinajstić information content (AvgIpc) is 1.60. The van der Waals surface area contributed by atoms with E-state index in [1.807, 2.05) is 145 Å². The van der Waals surface area contributed by atoms with Gasteiger partial charge in [0.25, 0.3) is 0 Å². The lowest BCUT2D eigenvalue weighted by atomic mass is 9.97. The molecule has 0 aliphatic carbocycles. The molecule has 0 saturated heterocycles. The van der Waals surface area contributed by atoms with Crippen molar-refractivity contribution in [1.82, 2.24) is 84.4 Å². The molecule has 0 saturated carbocycles. The molecule has 0 bridgehead atoms. The van der Waals surface area contributed by atoms with Crippen LogP contribution in [0, 0.1) is 0 Å². The average molecular weight is 1530 g/mol. The molecule has 20 heteroatoms. The summed E-state index contributed by atoms with van der Waals surface area (Å²) in [4.78, 5) is 45.4. The molecule has 0 atom stereocenters. The van der Waals surface area contributed by atoms with Crippen LogP contribution in [0.1, 0.15) is 192 Å². The lowest BCUT2D eigenvalue weighted by Crippen LogP contribution is -2.31. The fourth-order valence-corrected chi connectivity index (χ4v) is 15.4. The van der Waals surface area contributed by atoms with E-state index in [-0.39, 0.29) is 0 Å². The van der Waals surface area contributed by atoms with Crippen molar-refractivity contribution in [3.8, 4) is 51.0 Å². The third-order valence-electron chi connectivity index (χ3n) is 20.4. The maximum atomic E-state index is 5.27. The Labute approximate surface area is 675 Å². The smallest absolute Gasteiger partial charge is 0.225 e. The number of nitrogens with one attached hydrogen (secondary N) is 3. The summed E-state index contributed by atoms with van der Waals surface area (Å²) < 4.78 is 6.62. The highest BCUT2D eigenvalue weighted by molar-refractivity contribution is 5.97. The first-order chi connectivity index (χ1) is 56.3. The molecule has 0 fully saturated rings. The van der Waals surface area contributed by atoms with Crippen LogP contribution in [0.25, 0.3) is 83.7 Å². The second-order valence-electron chi connectivity index (χ2n) is 26.1. The summed E-state index contributed by atoms with van der Waals surface area (Å²) >= 11 is 0. The van der Waals surface area contributed by atoms with Crippen LogP contribution in [0.4, 0.5) is 17.8 Å². The number of hydrogen-bond acceptors (Lipinski definition) is 14. The van der Waals surface area contributed by atoms with Crippen molar-refractivity contribution in [2.45, 2.75) is 202 Å². The largest absolute Gasteiger partial charge is 0.361 e. The molecule has 0 radical (unpaired) electrons. The molecule has 594 valence electrons. The Morgan fingerprint density at radius 1 is 0.316 bits per heavy atom. The number of para-hydroxylation sites is 3. The number of benzene rings is 5. The van der Waals surface area contributed by atoms with Gasteiger partial charge in [0.15, 0.2) is 0 Å². The van der Waals surface area contributed by atoms with E-state index in [0.29, 0.717) is 6.54 Å². The second kappa shape index (κ2) is 41.6. The minimum atomic E-state index is 0.701. The van der Waals surface area contributed by atoms with Gasteiger partial charge in [0.1, 0.15) is 0 Å². The van der Waals surface area contributed by atoms with Gasteiger partial charge in [0, 0.05) is 169 Å². The van der Waals surface area contributed by atoms with Crippen LogP contribution in [0.15, 0.2) is 189 Å². The number of anilines is 3. The quantitative estimate of drug-likeness (QED) is 0.0871. The van der Waals surface area contributed by atoms with Gasteiger partial charge in [0.05, 0.1) is 68.6 Å². The third kappa shape index (κ3) is 17.5. The Kier molecular flexibility index (Phi) is 30.8. The molecule has 3 N–H and O–H groups in total. The number of pyridine rings is 1. The summed E-state index contributed by atoms with van der Waals surface area (Å²) in [6.45, 7) is 42.0. The van der Waals surface area contributed by atoms with Gasteiger partial charge in [-0.25, -0.2) is 43.9 Å². The molecule has 0 unspecified atom stereocenters. The predicted molar refractivity (Wildman–Crippen MR) is 473 cm³/mol. The lowest BCUT2D eigenvalue weighted by Gasteiger charge is -2.27.